The van der Waals surface area contributed by atoms with Crippen LogP contribution in [0.15, 0.2) is 42.6 Å². The van der Waals surface area contributed by atoms with Gasteiger partial charge in [0.2, 0.25) is 0 Å². The van der Waals surface area contributed by atoms with Gasteiger partial charge in [0, 0.05) is 21.8 Å². The van der Waals surface area contributed by atoms with E-state index in [0.717, 1.165) is 23.3 Å². The van der Waals surface area contributed by atoms with Gasteiger partial charge >= 0.3 is 0 Å². The lowest BCUT2D eigenvalue weighted by atomic mass is 9.95. The Hall–Kier alpha value is -2.44. The zero-order valence-corrected chi connectivity index (χ0v) is 20.7. The van der Waals surface area contributed by atoms with Crippen LogP contribution in [-0.2, 0) is 0 Å². The summed E-state index contributed by atoms with van der Waals surface area (Å²) in [5, 5.41) is 49.8. The molecule has 1 fully saturated rings. The predicted molar refractivity (Wildman–Crippen MR) is 131 cm³/mol. The molecule has 2 unspecified atom stereocenters. The Morgan fingerprint density at radius 1 is 1.06 bits per heavy atom. The minimum Gasteiger partial charge on any atom is -0.395 e. The second-order valence-electron chi connectivity index (χ2n) is 9.31. The van der Waals surface area contributed by atoms with Crippen LogP contribution in [0, 0.1) is 17.5 Å². The standard InChI is InChI=1S/C25H30F3N3O4S/c1-13(2)15-5-3-4-6-16(15)21(10-32)36-12-20(34)24(25(35)22(36)11-33)31-9-19(29-30-31)14-7-17(26)23(28)18(27)8-14/h3-9,13,20-22,24-25,32-36H,10-12H2,1-2H3/t20-,21?,22+,24-,25-/m0/s1. The van der Waals surface area contributed by atoms with Crippen LogP contribution < -0.4 is 0 Å². The van der Waals surface area contributed by atoms with Crippen molar-refractivity contribution in [1.82, 2.24) is 15.0 Å². The monoisotopic (exact) mass is 525 g/mol. The molecular weight excluding hydrogens is 495 g/mol. The molecule has 0 bridgehead atoms. The Balaban J connectivity index is 1.64. The summed E-state index contributed by atoms with van der Waals surface area (Å²) >= 11 is 0. The molecule has 1 aliphatic heterocycles. The first-order chi connectivity index (χ1) is 17.2. The van der Waals surface area contributed by atoms with Crippen molar-refractivity contribution in [3.8, 4) is 11.3 Å². The minimum absolute atomic E-state index is 0.0275. The van der Waals surface area contributed by atoms with Crippen molar-refractivity contribution in [2.75, 3.05) is 19.0 Å². The number of aromatic nitrogens is 3. The summed E-state index contributed by atoms with van der Waals surface area (Å²) in [7, 11) is -1.26. The summed E-state index contributed by atoms with van der Waals surface area (Å²) in [5.41, 5.74) is 1.96. The van der Waals surface area contributed by atoms with Gasteiger partial charge in [0.1, 0.15) is 11.7 Å². The Bertz CT molecular complexity index is 1190. The Morgan fingerprint density at radius 3 is 2.28 bits per heavy atom. The van der Waals surface area contributed by atoms with Gasteiger partial charge in [-0.15, -0.1) is 5.10 Å². The maximum absolute atomic E-state index is 13.7. The summed E-state index contributed by atoms with van der Waals surface area (Å²) < 4.78 is 41.9. The minimum atomic E-state index is -1.60. The number of rotatable bonds is 7. The molecule has 7 nitrogen and oxygen atoms in total. The molecule has 6 atom stereocenters. The van der Waals surface area contributed by atoms with Gasteiger partial charge in [-0.3, -0.25) is 0 Å². The zero-order chi connectivity index (χ0) is 26.1. The number of halogens is 3. The highest BCUT2D eigenvalue weighted by atomic mass is 32.2. The van der Waals surface area contributed by atoms with E-state index in [0.29, 0.717) is 0 Å². The van der Waals surface area contributed by atoms with Crippen molar-refractivity contribution in [3.05, 3.63) is 71.2 Å². The van der Waals surface area contributed by atoms with Gasteiger partial charge in [-0.2, -0.15) is 0 Å². The molecule has 0 saturated carbocycles. The number of aliphatic hydroxyl groups is 4. The van der Waals surface area contributed by atoms with Crippen molar-refractivity contribution in [3.63, 3.8) is 0 Å². The molecule has 0 spiro atoms. The average molecular weight is 526 g/mol. The highest BCUT2D eigenvalue weighted by Gasteiger charge is 2.46. The van der Waals surface area contributed by atoms with Crippen LogP contribution in [0.3, 0.4) is 0 Å². The summed E-state index contributed by atoms with van der Waals surface area (Å²) in [6.07, 6.45) is -1.02. The zero-order valence-electron chi connectivity index (χ0n) is 19.8. The molecule has 1 saturated heterocycles. The van der Waals surface area contributed by atoms with E-state index >= 15 is 0 Å². The maximum atomic E-state index is 13.7. The van der Waals surface area contributed by atoms with E-state index in [-0.39, 0.29) is 41.4 Å². The van der Waals surface area contributed by atoms with E-state index in [1.54, 1.807) is 0 Å². The van der Waals surface area contributed by atoms with Crippen LogP contribution in [0.4, 0.5) is 13.2 Å². The lowest BCUT2D eigenvalue weighted by Gasteiger charge is -2.48. The van der Waals surface area contributed by atoms with Gasteiger partial charge in [0.05, 0.1) is 31.6 Å². The topological polar surface area (TPSA) is 112 Å². The van der Waals surface area contributed by atoms with Crippen LogP contribution in [-0.4, -0.2) is 71.8 Å². The average Bonchev–Trinajstić information content (AvgIpc) is 3.32. The molecule has 11 heteroatoms. The van der Waals surface area contributed by atoms with E-state index in [1.807, 2.05) is 38.1 Å². The van der Waals surface area contributed by atoms with Crippen LogP contribution in [0.5, 0.6) is 0 Å². The summed E-state index contributed by atoms with van der Waals surface area (Å²) in [6.45, 7) is 3.52. The third-order valence-corrected chi connectivity index (χ3v) is 10.2. The van der Waals surface area contributed by atoms with Gasteiger partial charge < -0.3 is 20.4 Å². The number of thiol groups is 1. The van der Waals surface area contributed by atoms with E-state index in [9.17, 15) is 33.6 Å². The van der Waals surface area contributed by atoms with Crippen LogP contribution in [0.2, 0.25) is 0 Å². The number of aliphatic hydroxyl groups excluding tert-OH is 4. The maximum Gasteiger partial charge on any atom is 0.194 e. The molecule has 36 heavy (non-hydrogen) atoms. The SMILES string of the molecule is CC(C)c1ccccc1C(CO)[SH]1C[C@H](O)[C@H](n2cc(-c3cc(F)c(F)c(F)c3)nn2)[C@@H](O)[C@H]1CO. The van der Waals surface area contributed by atoms with Crippen LogP contribution in [0.25, 0.3) is 11.3 Å². The second-order valence-corrected chi connectivity index (χ2v) is 12.0. The summed E-state index contributed by atoms with van der Waals surface area (Å²) in [6, 6.07) is 8.31. The van der Waals surface area contributed by atoms with Crippen molar-refractivity contribution >= 4 is 10.9 Å². The van der Waals surface area contributed by atoms with E-state index < -0.39 is 51.8 Å². The van der Waals surface area contributed by atoms with Crippen molar-refractivity contribution in [1.29, 1.82) is 0 Å². The highest BCUT2D eigenvalue weighted by Crippen LogP contribution is 2.54. The predicted octanol–water partition coefficient (Wildman–Crippen LogP) is 2.86. The van der Waals surface area contributed by atoms with Gasteiger partial charge in [-0.1, -0.05) is 43.3 Å². The second kappa shape index (κ2) is 10.9. The lowest BCUT2D eigenvalue weighted by Crippen LogP contribution is -2.50. The largest absolute Gasteiger partial charge is 0.395 e. The van der Waals surface area contributed by atoms with Crippen molar-refractivity contribution < 1.29 is 33.6 Å². The smallest absolute Gasteiger partial charge is 0.194 e. The summed E-state index contributed by atoms with van der Waals surface area (Å²) in [4.78, 5) is 0. The molecule has 3 aromatic rings. The van der Waals surface area contributed by atoms with Crippen molar-refractivity contribution in [2.45, 2.75) is 48.5 Å². The number of nitrogens with zero attached hydrogens (tertiary/aromatic N) is 3. The third-order valence-electron chi connectivity index (χ3n) is 6.79. The van der Waals surface area contributed by atoms with Crippen LogP contribution in [0.1, 0.15) is 42.2 Å². The molecule has 196 valence electrons. The molecule has 0 radical (unpaired) electrons. The third kappa shape index (κ3) is 4.90. The first-order valence-electron chi connectivity index (χ1n) is 11.7. The lowest BCUT2D eigenvalue weighted by molar-refractivity contribution is 0.00718. The molecule has 1 aliphatic rings. The Kier molecular flexibility index (Phi) is 8.06. The summed E-state index contributed by atoms with van der Waals surface area (Å²) in [5.74, 6) is -3.93. The molecular formula is C25H30F3N3O4S. The fourth-order valence-electron chi connectivity index (χ4n) is 4.99. The fourth-order valence-corrected chi connectivity index (χ4v) is 8.21. The Labute approximate surface area is 209 Å². The number of hydrogen-bond acceptors (Lipinski definition) is 6. The van der Waals surface area contributed by atoms with Gasteiger partial charge in [-0.05, 0) is 29.2 Å². The van der Waals surface area contributed by atoms with E-state index in [2.05, 4.69) is 10.3 Å². The van der Waals surface area contributed by atoms with Gasteiger partial charge in [0.15, 0.2) is 17.5 Å². The van der Waals surface area contributed by atoms with E-state index in [1.165, 1.54) is 10.9 Å². The van der Waals surface area contributed by atoms with Crippen LogP contribution >= 0.6 is 10.9 Å². The number of hydrogen-bond donors (Lipinski definition) is 5. The van der Waals surface area contributed by atoms with Crippen molar-refractivity contribution in [2.24, 2.45) is 0 Å². The van der Waals surface area contributed by atoms with E-state index in [4.69, 9.17) is 0 Å². The quantitative estimate of drug-likeness (QED) is 0.240. The molecule has 4 rings (SSSR count). The molecule has 4 N–H and O–H groups in total. The molecule has 2 heterocycles. The molecule has 1 aromatic heterocycles. The first-order valence-corrected chi connectivity index (χ1v) is 13.3. The number of benzene rings is 2. The van der Waals surface area contributed by atoms with Gasteiger partial charge in [-0.25, -0.2) is 28.7 Å². The first kappa shape index (κ1) is 26.6. The Morgan fingerprint density at radius 2 is 1.69 bits per heavy atom. The molecule has 0 aliphatic carbocycles. The highest BCUT2D eigenvalue weighted by molar-refractivity contribution is 8.17. The fraction of sp³-hybridized carbons (Fsp3) is 0.440. The molecule has 2 aromatic carbocycles. The normalized spacial score (nSPS) is 26.3. The molecule has 0 amide bonds. The van der Waals surface area contributed by atoms with Gasteiger partial charge in [0.25, 0.3) is 0 Å².